The fourth-order valence-corrected chi connectivity index (χ4v) is 2.18. The van der Waals surface area contributed by atoms with Gasteiger partial charge in [-0.2, -0.15) is 0 Å². The van der Waals surface area contributed by atoms with E-state index >= 15 is 0 Å². The Balaban J connectivity index is 1.84. The van der Waals surface area contributed by atoms with Gasteiger partial charge in [-0.15, -0.1) is 0 Å². The summed E-state index contributed by atoms with van der Waals surface area (Å²) >= 11 is 0. The predicted molar refractivity (Wildman–Crippen MR) is 42.4 cm³/mol. The minimum Gasteiger partial charge on any atom is -0.395 e. The zero-order valence-corrected chi connectivity index (χ0v) is 6.74. The Hall–Kier alpha value is -0.120. The number of β-amino-alcohol motifs (C(OH)–C–C–N with tert-alkyl or cyclic N) is 1. The van der Waals surface area contributed by atoms with Crippen molar-refractivity contribution in [3.05, 3.63) is 0 Å². The molecular weight excluding hydrogens is 140 g/mol. The van der Waals surface area contributed by atoms with Crippen LogP contribution in [0.4, 0.5) is 0 Å². The van der Waals surface area contributed by atoms with Gasteiger partial charge < -0.3 is 10.0 Å². The number of likely N-dealkylation sites (tertiary alicyclic amines) is 1. The summed E-state index contributed by atoms with van der Waals surface area (Å²) in [6.07, 6.45) is 0. The molecule has 2 unspecified atom stereocenters. The molecule has 1 N–H and O–H groups in total. The van der Waals surface area contributed by atoms with E-state index in [1.807, 2.05) is 0 Å². The predicted octanol–water partition coefficient (Wildman–Crippen LogP) is -0.855. The van der Waals surface area contributed by atoms with Crippen LogP contribution in [-0.4, -0.2) is 49.3 Å². The quantitative estimate of drug-likeness (QED) is 0.563. The summed E-state index contributed by atoms with van der Waals surface area (Å²) in [6, 6.07) is 0. The van der Waals surface area contributed by atoms with Crippen molar-refractivity contribution in [1.29, 1.82) is 0 Å². The molecule has 11 heavy (non-hydrogen) atoms. The van der Waals surface area contributed by atoms with Crippen molar-refractivity contribution in [2.45, 2.75) is 0 Å². The van der Waals surface area contributed by atoms with Gasteiger partial charge in [0.15, 0.2) is 0 Å². The van der Waals surface area contributed by atoms with E-state index in [4.69, 9.17) is 5.11 Å². The Morgan fingerprint density at radius 3 is 2.45 bits per heavy atom. The van der Waals surface area contributed by atoms with Gasteiger partial charge in [0, 0.05) is 32.7 Å². The van der Waals surface area contributed by atoms with E-state index in [1.165, 1.54) is 0 Å². The van der Waals surface area contributed by atoms with Gasteiger partial charge in [-0.05, 0) is 11.8 Å². The van der Waals surface area contributed by atoms with Crippen LogP contribution in [0.1, 0.15) is 0 Å². The van der Waals surface area contributed by atoms with Gasteiger partial charge in [0.05, 0.1) is 6.61 Å². The number of hydrogen-bond donors (Lipinski definition) is 1. The summed E-state index contributed by atoms with van der Waals surface area (Å²) < 4.78 is 0. The molecule has 0 spiro atoms. The summed E-state index contributed by atoms with van der Waals surface area (Å²) in [6.45, 7) is 5.60. The summed E-state index contributed by atoms with van der Waals surface area (Å²) in [5, 5.41) is 13.1. The first-order valence-electron chi connectivity index (χ1n) is 4.36. The van der Waals surface area contributed by atoms with Gasteiger partial charge in [-0.3, -0.25) is 0 Å². The average molecular weight is 155 g/mol. The Morgan fingerprint density at radius 1 is 1.27 bits per heavy atom. The van der Waals surface area contributed by atoms with Gasteiger partial charge in [0.2, 0.25) is 0 Å². The van der Waals surface area contributed by atoms with Crippen LogP contribution < -0.4 is 5.32 Å². The van der Waals surface area contributed by atoms with Crippen LogP contribution in [0.15, 0.2) is 0 Å². The number of hydrogen-bond acceptors (Lipinski definition) is 2. The number of fused-ring (bicyclic) bond motifs is 1. The molecule has 2 rings (SSSR count). The van der Waals surface area contributed by atoms with Crippen molar-refractivity contribution in [2.75, 3.05) is 39.3 Å². The van der Waals surface area contributed by atoms with Gasteiger partial charge in [0.25, 0.3) is 0 Å². The normalized spacial score (nSPS) is 37.9. The molecule has 2 fully saturated rings. The first kappa shape index (κ1) is 7.53. The molecule has 2 aliphatic heterocycles. The molecule has 2 saturated heterocycles. The van der Waals surface area contributed by atoms with Crippen molar-refractivity contribution in [1.82, 2.24) is 10.2 Å². The monoisotopic (exact) mass is 155 g/mol. The van der Waals surface area contributed by atoms with Crippen LogP contribution >= 0.6 is 0 Å². The van der Waals surface area contributed by atoms with Crippen molar-refractivity contribution in [3.8, 4) is 0 Å². The summed E-state index contributed by atoms with van der Waals surface area (Å²) in [7, 11) is 0. The molecule has 2 heterocycles. The molecular formula is C8H15N2O. The summed E-state index contributed by atoms with van der Waals surface area (Å²) in [5.74, 6) is 1.61. The van der Waals surface area contributed by atoms with E-state index < -0.39 is 0 Å². The van der Waals surface area contributed by atoms with Crippen LogP contribution in [0.2, 0.25) is 0 Å². The van der Waals surface area contributed by atoms with E-state index in [-0.39, 0.29) is 0 Å². The maximum absolute atomic E-state index is 8.72. The third-order valence-electron chi connectivity index (χ3n) is 2.80. The lowest BCUT2D eigenvalue weighted by Crippen LogP contribution is -2.26. The lowest BCUT2D eigenvalue weighted by Gasteiger charge is -2.13. The minimum atomic E-state index is 0.302. The second-order valence-corrected chi connectivity index (χ2v) is 3.59. The third kappa shape index (κ3) is 1.41. The maximum atomic E-state index is 8.72. The van der Waals surface area contributed by atoms with E-state index in [1.54, 1.807) is 0 Å². The highest BCUT2D eigenvalue weighted by molar-refractivity contribution is 4.90. The highest BCUT2D eigenvalue weighted by Gasteiger charge is 2.36. The Morgan fingerprint density at radius 2 is 1.91 bits per heavy atom. The zero-order chi connectivity index (χ0) is 7.68. The van der Waals surface area contributed by atoms with Gasteiger partial charge in [-0.1, -0.05) is 0 Å². The van der Waals surface area contributed by atoms with Crippen LogP contribution in [0.3, 0.4) is 0 Å². The minimum absolute atomic E-state index is 0.302. The van der Waals surface area contributed by atoms with Crippen molar-refractivity contribution in [2.24, 2.45) is 11.8 Å². The first-order valence-corrected chi connectivity index (χ1v) is 4.36. The number of aliphatic hydroxyl groups excluding tert-OH is 1. The van der Waals surface area contributed by atoms with E-state index in [9.17, 15) is 0 Å². The number of aliphatic hydroxyl groups is 1. The second kappa shape index (κ2) is 3.09. The van der Waals surface area contributed by atoms with Crippen LogP contribution in [0, 0.1) is 11.8 Å². The molecule has 3 nitrogen and oxygen atoms in total. The van der Waals surface area contributed by atoms with Crippen LogP contribution in [-0.2, 0) is 0 Å². The van der Waals surface area contributed by atoms with Gasteiger partial charge in [-0.25, -0.2) is 5.32 Å². The van der Waals surface area contributed by atoms with Crippen molar-refractivity contribution >= 4 is 0 Å². The lowest BCUT2D eigenvalue weighted by molar-refractivity contribution is 0.213. The molecule has 2 aliphatic rings. The molecule has 2 atom stereocenters. The molecule has 1 radical (unpaired) electrons. The fourth-order valence-electron chi connectivity index (χ4n) is 2.18. The molecule has 0 aromatic heterocycles. The van der Waals surface area contributed by atoms with Crippen molar-refractivity contribution in [3.63, 3.8) is 0 Å². The van der Waals surface area contributed by atoms with Crippen LogP contribution in [0.5, 0.6) is 0 Å². The first-order chi connectivity index (χ1) is 5.40. The largest absolute Gasteiger partial charge is 0.395 e. The SMILES string of the molecule is OCCN1CC2C[N]CC2C1. The topological polar surface area (TPSA) is 37.6 Å². The molecule has 0 aromatic rings. The fraction of sp³-hybridized carbons (Fsp3) is 1.00. The molecule has 63 valence electrons. The highest BCUT2D eigenvalue weighted by Crippen LogP contribution is 2.26. The van der Waals surface area contributed by atoms with Gasteiger partial charge >= 0.3 is 0 Å². The van der Waals surface area contributed by atoms with Crippen molar-refractivity contribution < 1.29 is 5.11 Å². The zero-order valence-electron chi connectivity index (χ0n) is 6.74. The van der Waals surface area contributed by atoms with Gasteiger partial charge in [0.1, 0.15) is 0 Å². The highest BCUT2D eigenvalue weighted by atomic mass is 16.3. The molecule has 3 heteroatoms. The standard InChI is InChI=1S/C8H15N2O/c11-2-1-10-5-7-3-9-4-8(7)6-10/h7-8,11H,1-6H2. The van der Waals surface area contributed by atoms with Crippen LogP contribution in [0.25, 0.3) is 0 Å². The lowest BCUT2D eigenvalue weighted by atomic mass is 10.0. The van der Waals surface area contributed by atoms with E-state index in [0.29, 0.717) is 6.61 Å². The molecule has 0 saturated carbocycles. The second-order valence-electron chi connectivity index (χ2n) is 3.59. The summed E-state index contributed by atoms with van der Waals surface area (Å²) in [4.78, 5) is 2.35. The molecule has 0 amide bonds. The Kier molecular flexibility index (Phi) is 2.11. The third-order valence-corrected chi connectivity index (χ3v) is 2.80. The number of rotatable bonds is 2. The average Bonchev–Trinajstić information content (AvgIpc) is 2.46. The molecule has 0 aromatic carbocycles. The Labute approximate surface area is 67.4 Å². The molecule has 0 bridgehead atoms. The Bertz CT molecular complexity index is 128. The van der Waals surface area contributed by atoms with E-state index in [0.717, 1.165) is 44.6 Å². The number of nitrogens with zero attached hydrogens (tertiary/aromatic N) is 2. The molecule has 0 aliphatic carbocycles. The smallest absolute Gasteiger partial charge is 0.0558 e. The summed E-state index contributed by atoms with van der Waals surface area (Å²) in [5.41, 5.74) is 0. The van der Waals surface area contributed by atoms with E-state index in [2.05, 4.69) is 10.2 Å². The maximum Gasteiger partial charge on any atom is 0.0558 e.